The van der Waals surface area contributed by atoms with Gasteiger partial charge in [-0.15, -0.1) is 0 Å². The molecule has 3 rings (SSSR count). The number of amides is 2. The molecule has 7 heteroatoms. The number of likely N-dealkylation sites (N-methyl/N-ethyl adjacent to an activating group) is 1. The van der Waals surface area contributed by atoms with Crippen LogP contribution in [0, 0.1) is 0 Å². The minimum absolute atomic E-state index is 0.117. The first-order valence-corrected chi connectivity index (χ1v) is 7.42. The molecule has 1 heterocycles. The summed E-state index contributed by atoms with van der Waals surface area (Å²) in [7, 11) is 1.93. The number of hydrogen-bond acceptors (Lipinski definition) is 2. The molecule has 4 nitrogen and oxygen atoms in total. The van der Waals surface area contributed by atoms with Gasteiger partial charge in [0, 0.05) is 25.8 Å². The van der Waals surface area contributed by atoms with Crippen molar-refractivity contribution in [3.63, 3.8) is 0 Å². The molecule has 24 heavy (non-hydrogen) atoms. The van der Waals surface area contributed by atoms with Crippen molar-refractivity contribution in [3.8, 4) is 0 Å². The van der Waals surface area contributed by atoms with E-state index in [0.29, 0.717) is 13.1 Å². The highest BCUT2D eigenvalue weighted by molar-refractivity contribution is 6.04. The molecule has 0 unspecified atom stereocenters. The summed E-state index contributed by atoms with van der Waals surface area (Å²) < 4.78 is 38.3. The minimum Gasteiger partial charge on any atom is -0.371 e. The number of benzene rings is 2. The zero-order chi connectivity index (χ0) is 17.3. The second kappa shape index (κ2) is 6.07. The lowest BCUT2D eigenvalue weighted by Gasteiger charge is -2.35. The van der Waals surface area contributed by atoms with Gasteiger partial charge in [0.1, 0.15) is 0 Å². The van der Waals surface area contributed by atoms with E-state index in [-0.39, 0.29) is 5.69 Å². The number of carbonyl (C=O) groups excluding carboxylic acids is 1. The molecule has 0 saturated heterocycles. The number of carbonyl (C=O) groups is 1. The molecular weight excluding hydrogens is 319 g/mol. The van der Waals surface area contributed by atoms with Crippen LogP contribution in [0.15, 0.2) is 48.5 Å². The fourth-order valence-electron chi connectivity index (χ4n) is 2.68. The molecule has 0 fully saturated rings. The van der Waals surface area contributed by atoms with Crippen LogP contribution in [0.5, 0.6) is 0 Å². The summed E-state index contributed by atoms with van der Waals surface area (Å²) in [6, 6.07) is 11.6. The van der Waals surface area contributed by atoms with Crippen LogP contribution in [0.4, 0.5) is 35.0 Å². The Morgan fingerprint density at radius 2 is 1.75 bits per heavy atom. The second-order valence-electron chi connectivity index (χ2n) is 5.57. The monoisotopic (exact) mass is 335 g/mol. The Bertz CT molecular complexity index is 761. The van der Waals surface area contributed by atoms with Crippen molar-refractivity contribution in [3.05, 3.63) is 54.1 Å². The highest BCUT2D eigenvalue weighted by Crippen LogP contribution is 2.33. The van der Waals surface area contributed by atoms with Crippen LogP contribution in [0.25, 0.3) is 0 Å². The Labute approximate surface area is 137 Å². The van der Waals surface area contributed by atoms with E-state index in [9.17, 15) is 18.0 Å². The average Bonchev–Trinajstić information content (AvgIpc) is 2.55. The fourth-order valence-corrected chi connectivity index (χ4v) is 2.68. The van der Waals surface area contributed by atoms with E-state index in [4.69, 9.17) is 0 Å². The van der Waals surface area contributed by atoms with Crippen LogP contribution in [0.1, 0.15) is 5.56 Å². The molecule has 126 valence electrons. The van der Waals surface area contributed by atoms with Crippen LogP contribution in [-0.4, -0.2) is 26.2 Å². The Hall–Kier alpha value is -2.70. The molecule has 1 aliphatic rings. The van der Waals surface area contributed by atoms with Crippen molar-refractivity contribution in [2.75, 3.05) is 35.3 Å². The SMILES string of the molecule is CN1CCN(C(=O)Nc2cccc(C(F)(F)F)c2)c2ccccc21. The summed E-state index contributed by atoms with van der Waals surface area (Å²) in [5.41, 5.74) is 0.962. The Kier molecular flexibility index (Phi) is 4.09. The average molecular weight is 335 g/mol. The number of halogens is 3. The first-order valence-electron chi connectivity index (χ1n) is 7.42. The topological polar surface area (TPSA) is 35.6 Å². The van der Waals surface area contributed by atoms with Crippen molar-refractivity contribution >= 4 is 23.1 Å². The van der Waals surface area contributed by atoms with E-state index >= 15 is 0 Å². The molecule has 0 saturated carbocycles. The molecule has 0 atom stereocenters. The van der Waals surface area contributed by atoms with Crippen molar-refractivity contribution in [2.24, 2.45) is 0 Å². The largest absolute Gasteiger partial charge is 0.416 e. The maximum Gasteiger partial charge on any atom is 0.416 e. The van der Waals surface area contributed by atoms with Gasteiger partial charge < -0.3 is 10.2 Å². The Morgan fingerprint density at radius 3 is 2.46 bits per heavy atom. The lowest BCUT2D eigenvalue weighted by Crippen LogP contribution is -2.44. The number of rotatable bonds is 1. The van der Waals surface area contributed by atoms with Crippen LogP contribution >= 0.6 is 0 Å². The number of nitrogens with one attached hydrogen (secondary N) is 1. The highest BCUT2D eigenvalue weighted by atomic mass is 19.4. The number of nitrogens with zero attached hydrogens (tertiary/aromatic N) is 2. The van der Waals surface area contributed by atoms with Gasteiger partial charge in [-0.3, -0.25) is 4.90 Å². The van der Waals surface area contributed by atoms with Crippen LogP contribution in [0.3, 0.4) is 0 Å². The first kappa shape index (κ1) is 16.2. The van der Waals surface area contributed by atoms with Gasteiger partial charge in [0.25, 0.3) is 0 Å². The maximum atomic E-state index is 12.8. The van der Waals surface area contributed by atoms with Gasteiger partial charge in [0.15, 0.2) is 0 Å². The number of hydrogen-bond donors (Lipinski definition) is 1. The number of alkyl halides is 3. The fraction of sp³-hybridized carbons (Fsp3) is 0.235. The van der Waals surface area contributed by atoms with E-state index in [2.05, 4.69) is 5.32 Å². The van der Waals surface area contributed by atoms with Crippen molar-refractivity contribution < 1.29 is 18.0 Å². The van der Waals surface area contributed by atoms with Gasteiger partial charge in [0.05, 0.1) is 16.9 Å². The van der Waals surface area contributed by atoms with E-state index < -0.39 is 17.8 Å². The smallest absolute Gasteiger partial charge is 0.371 e. The molecule has 2 aromatic rings. The lowest BCUT2D eigenvalue weighted by molar-refractivity contribution is -0.137. The first-order chi connectivity index (χ1) is 11.4. The summed E-state index contributed by atoms with van der Waals surface area (Å²) in [4.78, 5) is 16.1. The minimum atomic E-state index is -4.44. The molecule has 0 aliphatic carbocycles. The zero-order valence-corrected chi connectivity index (χ0v) is 13.0. The van der Waals surface area contributed by atoms with E-state index in [0.717, 1.165) is 23.5 Å². The maximum absolute atomic E-state index is 12.8. The summed E-state index contributed by atoms with van der Waals surface area (Å²) in [6.45, 7) is 1.10. The van der Waals surface area contributed by atoms with Crippen molar-refractivity contribution in [1.29, 1.82) is 0 Å². The van der Waals surface area contributed by atoms with E-state index in [1.807, 2.05) is 36.2 Å². The van der Waals surface area contributed by atoms with Crippen molar-refractivity contribution in [1.82, 2.24) is 0 Å². The number of fused-ring (bicyclic) bond motifs is 1. The highest BCUT2D eigenvalue weighted by Gasteiger charge is 2.31. The molecule has 0 spiro atoms. The predicted molar refractivity (Wildman–Crippen MR) is 87.5 cm³/mol. The van der Waals surface area contributed by atoms with Crippen LogP contribution < -0.4 is 15.1 Å². The third kappa shape index (κ3) is 3.15. The van der Waals surface area contributed by atoms with Crippen LogP contribution in [0.2, 0.25) is 0 Å². The van der Waals surface area contributed by atoms with Gasteiger partial charge in [-0.2, -0.15) is 13.2 Å². The zero-order valence-electron chi connectivity index (χ0n) is 13.0. The van der Waals surface area contributed by atoms with E-state index in [1.165, 1.54) is 17.0 Å². The Morgan fingerprint density at radius 1 is 1.04 bits per heavy atom. The standard InChI is InChI=1S/C17H16F3N3O/c1-22-9-10-23(15-8-3-2-7-14(15)22)16(24)21-13-6-4-5-12(11-13)17(18,19)20/h2-8,11H,9-10H2,1H3,(H,21,24). The van der Waals surface area contributed by atoms with E-state index in [1.54, 1.807) is 0 Å². The quantitative estimate of drug-likeness (QED) is 0.848. The van der Waals surface area contributed by atoms with Crippen LogP contribution in [-0.2, 0) is 6.18 Å². The van der Waals surface area contributed by atoms with Crippen molar-refractivity contribution in [2.45, 2.75) is 6.18 Å². The molecule has 2 amide bonds. The van der Waals surface area contributed by atoms with Gasteiger partial charge in [-0.1, -0.05) is 18.2 Å². The molecule has 2 aromatic carbocycles. The molecule has 0 radical (unpaired) electrons. The summed E-state index contributed by atoms with van der Waals surface area (Å²) in [5, 5.41) is 2.55. The summed E-state index contributed by atoms with van der Waals surface area (Å²) in [6.07, 6.45) is -4.44. The Balaban J connectivity index is 1.83. The second-order valence-corrected chi connectivity index (χ2v) is 5.57. The van der Waals surface area contributed by atoms with Gasteiger partial charge >= 0.3 is 12.2 Å². The number of para-hydroxylation sites is 2. The summed E-state index contributed by atoms with van der Waals surface area (Å²) in [5.74, 6) is 0. The van der Waals surface area contributed by atoms with Gasteiger partial charge in [-0.05, 0) is 30.3 Å². The normalized spacial score (nSPS) is 14.3. The lowest BCUT2D eigenvalue weighted by atomic mass is 10.1. The predicted octanol–water partition coefficient (Wildman–Crippen LogP) is 4.19. The summed E-state index contributed by atoms with van der Waals surface area (Å²) >= 11 is 0. The molecule has 1 N–H and O–H groups in total. The molecule has 1 aliphatic heterocycles. The van der Waals surface area contributed by atoms with Gasteiger partial charge in [-0.25, -0.2) is 4.79 Å². The number of anilines is 3. The molecule has 0 aromatic heterocycles. The number of urea groups is 1. The molecule has 0 bridgehead atoms. The van der Waals surface area contributed by atoms with Gasteiger partial charge in [0.2, 0.25) is 0 Å². The third-order valence-electron chi connectivity index (χ3n) is 3.93. The third-order valence-corrected chi connectivity index (χ3v) is 3.93. The molecular formula is C17H16F3N3O.